The molecule has 0 unspecified atom stereocenters. The third-order valence-electron chi connectivity index (χ3n) is 3.71. The normalized spacial score (nSPS) is 11.8. The molecule has 17 heavy (non-hydrogen) atoms. The van der Waals surface area contributed by atoms with Gasteiger partial charge in [-0.2, -0.15) is 0 Å². The maximum atomic E-state index is 3.52. The van der Waals surface area contributed by atoms with Gasteiger partial charge in [-0.3, -0.25) is 0 Å². The van der Waals surface area contributed by atoms with Gasteiger partial charge in [-0.05, 0) is 36.0 Å². The smallest absolute Gasteiger partial charge is 0.0175 e. The highest BCUT2D eigenvalue weighted by Gasteiger charge is 2.24. The average molecular weight is 297 g/mol. The lowest BCUT2D eigenvalue weighted by molar-refractivity contribution is 0.374. The second-order valence-electron chi connectivity index (χ2n) is 5.27. The van der Waals surface area contributed by atoms with E-state index in [1.807, 2.05) is 0 Å². The third kappa shape index (κ3) is 4.46. The molecule has 0 saturated carbocycles. The van der Waals surface area contributed by atoms with E-state index in [0.717, 1.165) is 0 Å². The summed E-state index contributed by atoms with van der Waals surface area (Å²) >= 11 is 3.52. The minimum Gasteiger partial charge on any atom is -0.0654 e. The molecule has 1 rings (SSSR count). The van der Waals surface area contributed by atoms with Crippen LogP contribution in [0.4, 0.5) is 0 Å². The molecule has 1 aromatic carbocycles. The van der Waals surface area contributed by atoms with Crippen molar-refractivity contribution in [1.82, 2.24) is 0 Å². The lowest BCUT2D eigenvalue weighted by Crippen LogP contribution is -2.21. The van der Waals surface area contributed by atoms with E-state index in [-0.39, 0.29) is 0 Å². The minimum absolute atomic E-state index is 0.368. The molecule has 0 aliphatic heterocycles. The largest absolute Gasteiger partial charge is 0.0654 e. The van der Waals surface area contributed by atoms with Gasteiger partial charge in [0.05, 0.1) is 0 Å². The number of hydrogen-bond acceptors (Lipinski definition) is 0. The fourth-order valence-electron chi connectivity index (χ4n) is 2.40. The van der Waals surface area contributed by atoms with Gasteiger partial charge >= 0.3 is 0 Å². The first kappa shape index (κ1) is 14.8. The lowest BCUT2D eigenvalue weighted by Gasteiger charge is -2.30. The molecule has 0 nitrogen and oxygen atoms in total. The Labute approximate surface area is 115 Å². The van der Waals surface area contributed by atoms with Crippen molar-refractivity contribution in [2.75, 3.05) is 0 Å². The fourth-order valence-corrected chi connectivity index (χ4v) is 2.66. The number of benzene rings is 1. The first-order valence-corrected chi connectivity index (χ1v) is 7.67. The zero-order valence-electron chi connectivity index (χ0n) is 11.4. The first-order valence-electron chi connectivity index (χ1n) is 6.88. The standard InChI is InChI=1S/C16H25Br/c1-4-6-12-16(3,13-7-5-2)14-8-10-15(17)11-9-14/h8-11H,4-7,12-13H2,1-3H3. The Morgan fingerprint density at radius 2 is 1.41 bits per heavy atom. The maximum Gasteiger partial charge on any atom is 0.0175 e. The summed E-state index contributed by atoms with van der Waals surface area (Å²) in [6, 6.07) is 8.92. The van der Waals surface area contributed by atoms with Crippen LogP contribution in [0.2, 0.25) is 0 Å². The number of rotatable bonds is 7. The molecular weight excluding hydrogens is 272 g/mol. The van der Waals surface area contributed by atoms with Crippen LogP contribution in [0.25, 0.3) is 0 Å². The van der Waals surface area contributed by atoms with Crippen molar-refractivity contribution in [3.63, 3.8) is 0 Å². The summed E-state index contributed by atoms with van der Waals surface area (Å²) in [4.78, 5) is 0. The van der Waals surface area contributed by atoms with E-state index in [2.05, 4.69) is 61.0 Å². The molecule has 0 aromatic heterocycles. The molecule has 0 atom stereocenters. The number of unbranched alkanes of at least 4 members (excludes halogenated alkanes) is 2. The van der Waals surface area contributed by atoms with E-state index in [4.69, 9.17) is 0 Å². The Morgan fingerprint density at radius 3 is 1.82 bits per heavy atom. The Morgan fingerprint density at radius 1 is 0.941 bits per heavy atom. The molecule has 0 heterocycles. The summed E-state index contributed by atoms with van der Waals surface area (Å²) in [5.74, 6) is 0. The maximum absolute atomic E-state index is 3.52. The summed E-state index contributed by atoms with van der Waals surface area (Å²) < 4.78 is 1.18. The summed E-state index contributed by atoms with van der Waals surface area (Å²) in [5, 5.41) is 0. The Bertz CT molecular complexity index is 305. The van der Waals surface area contributed by atoms with Crippen molar-refractivity contribution in [2.24, 2.45) is 0 Å². The Balaban J connectivity index is 2.83. The van der Waals surface area contributed by atoms with Crippen molar-refractivity contribution in [3.05, 3.63) is 34.3 Å². The van der Waals surface area contributed by atoms with Gasteiger partial charge in [0.15, 0.2) is 0 Å². The first-order chi connectivity index (χ1) is 8.12. The molecule has 1 aromatic rings. The van der Waals surface area contributed by atoms with E-state index in [1.54, 1.807) is 0 Å². The van der Waals surface area contributed by atoms with E-state index in [9.17, 15) is 0 Å². The quantitative estimate of drug-likeness (QED) is 0.571. The molecular formula is C16H25Br. The van der Waals surface area contributed by atoms with E-state index in [1.165, 1.54) is 48.6 Å². The summed E-state index contributed by atoms with van der Waals surface area (Å²) in [7, 11) is 0. The van der Waals surface area contributed by atoms with Crippen molar-refractivity contribution >= 4 is 15.9 Å². The topological polar surface area (TPSA) is 0 Å². The van der Waals surface area contributed by atoms with Gasteiger partial charge in [0.1, 0.15) is 0 Å². The van der Waals surface area contributed by atoms with Gasteiger partial charge in [-0.1, -0.05) is 74.5 Å². The SMILES string of the molecule is CCCCC(C)(CCCC)c1ccc(Br)cc1. The van der Waals surface area contributed by atoms with E-state index < -0.39 is 0 Å². The summed E-state index contributed by atoms with van der Waals surface area (Å²) in [6.45, 7) is 6.99. The van der Waals surface area contributed by atoms with Crippen LogP contribution in [0.1, 0.15) is 64.9 Å². The Kier molecular flexibility index (Phi) is 6.26. The molecule has 1 heteroatoms. The van der Waals surface area contributed by atoms with Gasteiger partial charge in [-0.25, -0.2) is 0 Å². The molecule has 0 spiro atoms. The number of halogens is 1. The van der Waals surface area contributed by atoms with E-state index in [0.29, 0.717) is 5.41 Å². The van der Waals surface area contributed by atoms with Gasteiger partial charge < -0.3 is 0 Å². The molecule has 0 aliphatic carbocycles. The molecule has 0 radical (unpaired) electrons. The molecule has 0 bridgehead atoms. The van der Waals surface area contributed by atoms with Crippen LogP contribution in [0, 0.1) is 0 Å². The zero-order valence-corrected chi connectivity index (χ0v) is 13.0. The van der Waals surface area contributed by atoms with Crippen molar-refractivity contribution < 1.29 is 0 Å². The van der Waals surface area contributed by atoms with Gasteiger partial charge in [0, 0.05) is 4.47 Å². The van der Waals surface area contributed by atoms with Crippen LogP contribution in [-0.4, -0.2) is 0 Å². The highest BCUT2D eigenvalue weighted by Crippen LogP contribution is 2.35. The Hall–Kier alpha value is -0.300. The zero-order chi connectivity index (χ0) is 12.7. The fraction of sp³-hybridized carbons (Fsp3) is 0.625. The molecule has 96 valence electrons. The van der Waals surface area contributed by atoms with Crippen LogP contribution in [0.5, 0.6) is 0 Å². The third-order valence-corrected chi connectivity index (χ3v) is 4.23. The molecule has 0 saturated heterocycles. The highest BCUT2D eigenvalue weighted by atomic mass is 79.9. The summed E-state index contributed by atoms with van der Waals surface area (Å²) in [5.41, 5.74) is 1.87. The van der Waals surface area contributed by atoms with Crippen LogP contribution >= 0.6 is 15.9 Å². The second kappa shape index (κ2) is 7.20. The number of hydrogen-bond donors (Lipinski definition) is 0. The van der Waals surface area contributed by atoms with Gasteiger partial charge in [0.25, 0.3) is 0 Å². The lowest BCUT2D eigenvalue weighted by atomic mass is 9.74. The predicted molar refractivity (Wildman–Crippen MR) is 80.5 cm³/mol. The monoisotopic (exact) mass is 296 g/mol. The summed E-state index contributed by atoms with van der Waals surface area (Å²) in [6.07, 6.45) is 7.86. The van der Waals surface area contributed by atoms with Gasteiger partial charge in [0.2, 0.25) is 0 Å². The predicted octanol–water partition coefficient (Wildman–Crippen LogP) is 6.09. The van der Waals surface area contributed by atoms with Crippen molar-refractivity contribution in [2.45, 2.75) is 64.7 Å². The van der Waals surface area contributed by atoms with Crippen LogP contribution < -0.4 is 0 Å². The van der Waals surface area contributed by atoms with Crippen LogP contribution in [-0.2, 0) is 5.41 Å². The van der Waals surface area contributed by atoms with E-state index >= 15 is 0 Å². The van der Waals surface area contributed by atoms with Crippen LogP contribution in [0.3, 0.4) is 0 Å². The highest BCUT2D eigenvalue weighted by molar-refractivity contribution is 9.10. The molecule has 0 N–H and O–H groups in total. The minimum atomic E-state index is 0.368. The average Bonchev–Trinajstić information content (AvgIpc) is 2.34. The molecule has 0 amide bonds. The van der Waals surface area contributed by atoms with Gasteiger partial charge in [-0.15, -0.1) is 0 Å². The molecule has 0 fully saturated rings. The van der Waals surface area contributed by atoms with Crippen molar-refractivity contribution in [3.8, 4) is 0 Å². The van der Waals surface area contributed by atoms with Crippen LogP contribution in [0.15, 0.2) is 28.7 Å². The molecule has 0 aliphatic rings. The second-order valence-corrected chi connectivity index (χ2v) is 6.19. The van der Waals surface area contributed by atoms with Crippen molar-refractivity contribution in [1.29, 1.82) is 0 Å².